The number of unbranched alkanes of at least 4 members (excludes halogenated alkanes) is 5. The summed E-state index contributed by atoms with van der Waals surface area (Å²) >= 11 is 0.893. The van der Waals surface area contributed by atoms with Crippen LogP contribution in [0.5, 0.6) is 0 Å². The van der Waals surface area contributed by atoms with Crippen LogP contribution in [0.4, 0.5) is 9.80 Å². The third kappa shape index (κ3) is 7.88. The first-order valence-corrected chi connectivity index (χ1v) is 10.6. The minimum atomic E-state index is -1.22. The van der Waals surface area contributed by atoms with Crippen molar-refractivity contribution in [1.29, 1.82) is 0 Å². The van der Waals surface area contributed by atoms with Gasteiger partial charge in [0.05, 0.1) is 18.8 Å². The minimum absolute atomic E-state index is 0.0743. The molecule has 0 aliphatic heterocycles. The topological polar surface area (TPSA) is 102 Å². The normalized spacial score (nSPS) is 10.8. The van der Waals surface area contributed by atoms with Gasteiger partial charge in [-0.05, 0) is 24.8 Å². The van der Waals surface area contributed by atoms with Crippen molar-refractivity contribution in [2.24, 2.45) is 5.92 Å². The molecular formula is C20H31NO6S. The molecule has 1 rings (SSSR count). The molecule has 28 heavy (non-hydrogen) atoms. The van der Waals surface area contributed by atoms with E-state index in [4.69, 9.17) is 9.47 Å². The molecule has 0 saturated heterocycles. The molecule has 0 atom stereocenters. The summed E-state index contributed by atoms with van der Waals surface area (Å²) in [6.45, 7) is 7.98. The molecule has 7 nitrogen and oxygen atoms in total. The Morgan fingerprint density at radius 3 is 2.32 bits per heavy atom. The van der Waals surface area contributed by atoms with E-state index in [1.807, 2.05) is 13.8 Å². The van der Waals surface area contributed by atoms with E-state index in [-0.39, 0.29) is 33.5 Å². The van der Waals surface area contributed by atoms with Crippen molar-refractivity contribution in [3.63, 3.8) is 0 Å². The molecule has 0 radical (unpaired) electrons. The lowest BCUT2D eigenvalue weighted by molar-refractivity contribution is 0.0502. The van der Waals surface area contributed by atoms with Crippen molar-refractivity contribution in [3.05, 3.63) is 16.0 Å². The maximum absolute atomic E-state index is 12.3. The van der Waals surface area contributed by atoms with Crippen LogP contribution < -0.4 is 5.32 Å². The summed E-state index contributed by atoms with van der Waals surface area (Å²) in [6.07, 6.45) is 5.70. The number of ether oxygens (including phenoxy) is 2. The van der Waals surface area contributed by atoms with Gasteiger partial charge in [0.1, 0.15) is 9.88 Å². The predicted molar refractivity (Wildman–Crippen MR) is 109 cm³/mol. The van der Waals surface area contributed by atoms with Crippen LogP contribution >= 0.6 is 11.3 Å². The minimum Gasteiger partial charge on any atom is -0.478 e. The molecule has 2 N–H and O–H groups in total. The maximum atomic E-state index is 12.3. The van der Waals surface area contributed by atoms with E-state index < -0.39 is 18.0 Å². The van der Waals surface area contributed by atoms with Gasteiger partial charge in [-0.15, -0.1) is 11.3 Å². The molecule has 0 aliphatic rings. The highest BCUT2D eigenvalue weighted by Gasteiger charge is 2.26. The first-order valence-electron chi connectivity index (χ1n) is 9.75. The zero-order valence-electron chi connectivity index (χ0n) is 17.1. The summed E-state index contributed by atoms with van der Waals surface area (Å²) in [5.74, 6) is -1.63. The SMILES string of the molecule is CCCCCCCCOC(=O)c1sc(NC(=O)OCC(C)C)c(C(=O)O)c1C. The van der Waals surface area contributed by atoms with Gasteiger partial charge in [-0.3, -0.25) is 5.32 Å². The summed E-state index contributed by atoms with van der Waals surface area (Å²) < 4.78 is 10.3. The van der Waals surface area contributed by atoms with E-state index in [1.54, 1.807) is 0 Å². The average molecular weight is 414 g/mol. The first-order chi connectivity index (χ1) is 13.3. The van der Waals surface area contributed by atoms with Crippen molar-refractivity contribution in [3.8, 4) is 0 Å². The highest BCUT2D eigenvalue weighted by Crippen LogP contribution is 2.33. The number of carboxylic acids is 1. The number of hydrogen-bond acceptors (Lipinski definition) is 6. The standard InChI is InChI=1S/C20H31NO6S/c1-5-6-7-8-9-10-11-26-19(24)16-14(4)15(18(22)23)17(28-16)21-20(25)27-12-13(2)3/h13H,5-12H2,1-4H3,(H,21,25)(H,22,23). The highest BCUT2D eigenvalue weighted by atomic mass is 32.1. The molecule has 0 fully saturated rings. The Balaban J connectivity index is 2.69. The Hall–Kier alpha value is -2.09. The third-order valence-electron chi connectivity index (χ3n) is 4.04. The molecule has 158 valence electrons. The van der Waals surface area contributed by atoms with Gasteiger partial charge in [0.2, 0.25) is 0 Å². The summed E-state index contributed by atoms with van der Waals surface area (Å²) in [5, 5.41) is 12.0. The summed E-state index contributed by atoms with van der Waals surface area (Å²) in [5.41, 5.74) is 0.169. The largest absolute Gasteiger partial charge is 0.478 e. The van der Waals surface area contributed by atoms with Crippen LogP contribution in [0.3, 0.4) is 0 Å². The number of thiophene rings is 1. The molecule has 0 saturated carbocycles. The third-order valence-corrected chi connectivity index (χ3v) is 5.23. The Morgan fingerprint density at radius 1 is 1.07 bits per heavy atom. The second kappa shape index (κ2) is 12.4. The lowest BCUT2D eigenvalue weighted by Gasteiger charge is -2.08. The van der Waals surface area contributed by atoms with Gasteiger partial charge in [0.25, 0.3) is 0 Å². The summed E-state index contributed by atoms with van der Waals surface area (Å²) in [6, 6.07) is 0. The molecule has 1 aromatic rings. The number of carbonyl (C=O) groups excluding carboxylic acids is 2. The van der Waals surface area contributed by atoms with E-state index in [2.05, 4.69) is 12.2 Å². The number of anilines is 1. The summed E-state index contributed by atoms with van der Waals surface area (Å²) in [7, 11) is 0. The van der Waals surface area contributed by atoms with Crippen LogP contribution in [-0.2, 0) is 9.47 Å². The number of rotatable bonds is 12. The van der Waals surface area contributed by atoms with Crippen LogP contribution in [0.25, 0.3) is 0 Å². The zero-order chi connectivity index (χ0) is 21.1. The fourth-order valence-corrected chi connectivity index (χ4v) is 3.62. The van der Waals surface area contributed by atoms with Crippen LogP contribution in [0.1, 0.15) is 84.9 Å². The molecular weight excluding hydrogens is 382 g/mol. The zero-order valence-corrected chi connectivity index (χ0v) is 17.9. The second-order valence-corrected chi connectivity index (χ2v) is 8.11. The summed E-state index contributed by atoms with van der Waals surface area (Å²) in [4.78, 5) is 36.0. The second-order valence-electron chi connectivity index (χ2n) is 7.09. The number of hydrogen-bond donors (Lipinski definition) is 2. The van der Waals surface area contributed by atoms with E-state index in [9.17, 15) is 19.5 Å². The highest BCUT2D eigenvalue weighted by molar-refractivity contribution is 7.18. The Morgan fingerprint density at radius 2 is 1.71 bits per heavy atom. The van der Waals surface area contributed by atoms with Gasteiger partial charge in [-0.2, -0.15) is 0 Å². The van der Waals surface area contributed by atoms with Gasteiger partial charge in [0, 0.05) is 0 Å². The Labute approximate surface area is 170 Å². The Kier molecular flexibility index (Phi) is 10.6. The monoisotopic (exact) mass is 413 g/mol. The number of esters is 1. The molecule has 0 unspecified atom stereocenters. The van der Waals surface area contributed by atoms with Crippen molar-refractivity contribution in [2.75, 3.05) is 18.5 Å². The van der Waals surface area contributed by atoms with E-state index in [0.717, 1.165) is 30.6 Å². The number of carboxylic acid groups (broad SMARTS) is 1. The van der Waals surface area contributed by atoms with Gasteiger partial charge in [0.15, 0.2) is 0 Å². The van der Waals surface area contributed by atoms with Gasteiger partial charge >= 0.3 is 18.0 Å². The van der Waals surface area contributed by atoms with E-state index >= 15 is 0 Å². The fourth-order valence-electron chi connectivity index (χ4n) is 2.54. The number of nitrogens with one attached hydrogen (secondary N) is 1. The van der Waals surface area contributed by atoms with Crippen molar-refractivity contribution < 1.29 is 29.0 Å². The van der Waals surface area contributed by atoms with Crippen molar-refractivity contribution in [2.45, 2.75) is 66.2 Å². The Bertz CT molecular complexity index is 668. The molecule has 1 aromatic heterocycles. The molecule has 0 aromatic carbocycles. The number of carbonyl (C=O) groups is 3. The predicted octanol–water partition coefficient (Wildman–Crippen LogP) is 5.48. The molecule has 1 amide bonds. The quantitative estimate of drug-likeness (QED) is 0.348. The maximum Gasteiger partial charge on any atom is 0.412 e. The lowest BCUT2D eigenvalue weighted by atomic mass is 10.1. The molecule has 0 aliphatic carbocycles. The molecule has 8 heteroatoms. The van der Waals surface area contributed by atoms with Crippen LogP contribution in [-0.4, -0.2) is 36.4 Å². The number of aromatic carboxylic acids is 1. The van der Waals surface area contributed by atoms with Crippen LogP contribution in [0.15, 0.2) is 0 Å². The van der Waals surface area contributed by atoms with Crippen LogP contribution in [0.2, 0.25) is 0 Å². The van der Waals surface area contributed by atoms with Gasteiger partial charge < -0.3 is 14.6 Å². The van der Waals surface area contributed by atoms with Crippen LogP contribution in [0, 0.1) is 12.8 Å². The van der Waals surface area contributed by atoms with Gasteiger partial charge in [-0.1, -0.05) is 52.9 Å². The fraction of sp³-hybridized carbons (Fsp3) is 0.650. The van der Waals surface area contributed by atoms with E-state index in [1.165, 1.54) is 26.2 Å². The molecule has 0 bridgehead atoms. The molecule has 1 heterocycles. The average Bonchev–Trinajstić information content (AvgIpc) is 2.95. The van der Waals surface area contributed by atoms with Crippen molar-refractivity contribution in [1.82, 2.24) is 0 Å². The smallest absolute Gasteiger partial charge is 0.412 e. The van der Waals surface area contributed by atoms with E-state index in [0.29, 0.717) is 6.61 Å². The number of amides is 1. The van der Waals surface area contributed by atoms with Crippen molar-refractivity contribution >= 4 is 34.4 Å². The lowest BCUT2D eigenvalue weighted by Crippen LogP contribution is -2.17. The first kappa shape index (κ1) is 23.9. The molecule has 0 spiro atoms. The van der Waals surface area contributed by atoms with Gasteiger partial charge in [-0.25, -0.2) is 14.4 Å².